The van der Waals surface area contributed by atoms with Gasteiger partial charge in [-0.1, -0.05) is 48.3 Å². The molecule has 0 heteroatoms. The zero-order valence-corrected chi connectivity index (χ0v) is 14.2. The van der Waals surface area contributed by atoms with Gasteiger partial charge in [0.1, 0.15) is 0 Å². The fourth-order valence-corrected chi connectivity index (χ4v) is 4.02. The van der Waals surface area contributed by atoms with Gasteiger partial charge in [0.05, 0.1) is 0 Å². The Hall–Kier alpha value is -0.780. The van der Waals surface area contributed by atoms with Crippen LogP contribution in [0.3, 0.4) is 0 Å². The second kappa shape index (κ2) is 6.33. The SMILES string of the molecule is CC1=C2C/C=C(/C)CCC/C(C)=C\CC(CC1)C2(C)C. The van der Waals surface area contributed by atoms with Crippen molar-refractivity contribution in [1.29, 1.82) is 0 Å². The Morgan fingerprint density at radius 2 is 1.60 bits per heavy atom. The summed E-state index contributed by atoms with van der Waals surface area (Å²) in [6.07, 6.45) is 14.0. The first-order valence-corrected chi connectivity index (χ1v) is 8.41. The largest absolute Gasteiger partial charge is 0.0853 e. The second-order valence-electron chi connectivity index (χ2n) is 7.61. The Bertz CT molecular complexity index is 443. The predicted molar refractivity (Wildman–Crippen MR) is 89.8 cm³/mol. The van der Waals surface area contributed by atoms with Crippen molar-refractivity contribution in [2.24, 2.45) is 11.3 Å². The Morgan fingerprint density at radius 1 is 0.950 bits per heavy atom. The molecule has 0 aliphatic heterocycles. The summed E-state index contributed by atoms with van der Waals surface area (Å²) in [6, 6.07) is 0. The van der Waals surface area contributed by atoms with Crippen molar-refractivity contribution in [1.82, 2.24) is 0 Å². The molecule has 0 nitrogen and oxygen atoms in total. The van der Waals surface area contributed by atoms with Crippen LogP contribution < -0.4 is 0 Å². The molecule has 1 unspecified atom stereocenters. The van der Waals surface area contributed by atoms with Crippen molar-refractivity contribution in [3.05, 3.63) is 34.4 Å². The highest BCUT2D eigenvalue weighted by Gasteiger charge is 2.35. The minimum atomic E-state index is 0.370. The van der Waals surface area contributed by atoms with Crippen LogP contribution in [0.2, 0.25) is 0 Å². The van der Waals surface area contributed by atoms with E-state index in [1.807, 2.05) is 0 Å². The summed E-state index contributed by atoms with van der Waals surface area (Å²) in [6.45, 7) is 12.0. The number of rotatable bonds is 0. The lowest BCUT2D eigenvalue weighted by Gasteiger charge is -2.42. The van der Waals surface area contributed by atoms with Gasteiger partial charge in [0.2, 0.25) is 0 Å². The summed E-state index contributed by atoms with van der Waals surface area (Å²) in [5.41, 5.74) is 6.93. The maximum Gasteiger partial charge on any atom is -0.0108 e. The van der Waals surface area contributed by atoms with Gasteiger partial charge in [-0.05, 0) is 77.0 Å². The predicted octanol–water partition coefficient (Wildman–Crippen LogP) is 6.60. The first kappa shape index (κ1) is 15.6. The molecule has 0 fully saturated rings. The van der Waals surface area contributed by atoms with Crippen molar-refractivity contribution in [2.75, 3.05) is 0 Å². The third-order valence-electron chi connectivity index (χ3n) is 5.73. The third-order valence-corrected chi connectivity index (χ3v) is 5.73. The number of allylic oxidation sites excluding steroid dienone is 6. The van der Waals surface area contributed by atoms with Crippen LogP contribution in [-0.2, 0) is 0 Å². The molecule has 1 atom stereocenters. The van der Waals surface area contributed by atoms with Gasteiger partial charge >= 0.3 is 0 Å². The fraction of sp³-hybridized carbons (Fsp3) is 0.700. The van der Waals surface area contributed by atoms with Crippen LogP contribution in [0, 0.1) is 11.3 Å². The minimum Gasteiger partial charge on any atom is -0.0853 e. The molecule has 112 valence electrons. The number of hydrogen-bond acceptors (Lipinski definition) is 0. The van der Waals surface area contributed by atoms with Crippen molar-refractivity contribution >= 4 is 0 Å². The summed E-state index contributed by atoms with van der Waals surface area (Å²) in [7, 11) is 0. The van der Waals surface area contributed by atoms with Gasteiger partial charge in [0.25, 0.3) is 0 Å². The van der Waals surface area contributed by atoms with E-state index in [1.165, 1.54) is 44.9 Å². The molecule has 2 bridgehead atoms. The van der Waals surface area contributed by atoms with Gasteiger partial charge in [0, 0.05) is 0 Å². The molecule has 0 aromatic rings. The highest BCUT2D eigenvalue weighted by atomic mass is 14.4. The summed E-state index contributed by atoms with van der Waals surface area (Å²) in [5.74, 6) is 0.823. The van der Waals surface area contributed by atoms with E-state index in [1.54, 1.807) is 22.3 Å². The maximum absolute atomic E-state index is 2.53. The summed E-state index contributed by atoms with van der Waals surface area (Å²) >= 11 is 0. The molecule has 2 rings (SSSR count). The van der Waals surface area contributed by atoms with Crippen LogP contribution in [0.5, 0.6) is 0 Å². The van der Waals surface area contributed by atoms with Crippen LogP contribution in [0.15, 0.2) is 34.4 Å². The molecule has 0 spiro atoms. The summed E-state index contributed by atoms with van der Waals surface area (Å²) < 4.78 is 0. The lowest BCUT2D eigenvalue weighted by atomic mass is 9.63. The Labute approximate surface area is 126 Å². The minimum absolute atomic E-state index is 0.370. The summed E-state index contributed by atoms with van der Waals surface area (Å²) in [4.78, 5) is 0. The van der Waals surface area contributed by atoms with Gasteiger partial charge in [-0.2, -0.15) is 0 Å². The molecule has 0 aromatic heterocycles. The standard InChI is InChI=1S/C20H32/c1-15-7-6-8-16(2)10-14-19-17(3)11-13-18(12-9-15)20(19,4)5/h9-10,18H,6-8,11-14H2,1-5H3/b15-9-,16-10-. The van der Waals surface area contributed by atoms with E-state index in [-0.39, 0.29) is 0 Å². The van der Waals surface area contributed by atoms with Crippen LogP contribution >= 0.6 is 0 Å². The normalized spacial score (nSPS) is 33.4. The van der Waals surface area contributed by atoms with Crippen molar-refractivity contribution in [3.63, 3.8) is 0 Å². The maximum atomic E-state index is 2.53. The molecule has 2 aliphatic carbocycles. The topological polar surface area (TPSA) is 0 Å². The lowest BCUT2D eigenvalue weighted by molar-refractivity contribution is 0.226. The van der Waals surface area contributed by atoms with Crippen molar-refractivity contribution < 1.29 is 0 Å². The van der Waals surface area contributed by atoms with E-state index in [4.69, 9.17) is 0 Å². The Balaban J connectivity index is 2.34. The third kappa shape index (κ3) is 3.45. The Kier molecular flexibility index (Phi) is 4.94. The van der Waals surface area contributed by atoms with Crippen LogP contribution in [0.25, 0.3) is 0 Å². The average molecular weight is 272 g/mol. The molecule has 0 radical (unpaired) electrons. The number of hydrogen-bond donors (Lipinski definition) is 0. The van der Waals surface area contributed by atoms with Crippen molar-refractivity contribution in [2.45, 2.75) is 79.6 Å². The van der Waals surface area contributed by atoms with Crippen LogP contribution in [0.1, 0.15) is 79.6 Å². The van der Waals surface area contributed by atoms with E-state index < -0.39 is 0 Å². The zero-order valence-electron chi connectivity index (χ0n) is 14.2. The van der Waals surface area contributed by atoms with Gasteiger partial charge < -0.3 is 0 Å². The van der Waals surface area contributed by atoms with Gasteiger partial charge in [-0.3, -0.25) is 0 Å². The van der Waals surface area contributed by atoms with Gasteiger partial charge in [-0.25, -0.2) is 0 Å². The summed E-state index contributed by atoms with van der Waals surface area (Å²) in [5, 5.41) is 0. The first-order valence-electron chi connectivity index (χ1n) is 8.41. The smallest absolute Gasteiger partial charge is 0.0108 e. The molecular formula is C20H32. The molecule has 0 heterocycles. The molecular weight excluding hydrogens is 240 g/mol. The highest BCUT2D eigenvalue weighted by Crippen LogP contribution is 2.48. The van der Waals surface area contributed by atoms with E-state index >= 15 is 0 Å². The molecule has 20 heavy (non-hydrogen) atoms. The van der Waals surface area contributed by atoms with Gasteiger partial charge in [0.15, 0.2) is 0 Å². The molecule has 0 amide bonds. The molecule has 0 saturated heterocycles. The van der Waals surface area contributed by atoms with Crippen LogP contribution in [-0.4, -0.2) is 0 Å². The second-order valence-corrected chi connectivity index (χ2v) is 7.61. The Morgan fingerprint density at radius 3 is 2.30 bits per heavy atom. The van der Waals surface area contributed by atoms with E-state index in [0.717, 1.165) is 5.92 Å². The fourth-order valence-electron chi connectivity index (χ4n) is 4.02. The van der Waals surface area contributed by atoms with E-state index in [0.29, 0.717) is 5.41 Å². The molecule has 2 aliphatic rings. The van der Waals surface area contributed by atoms with E-state index in [2.05, 4.69) is 46.8 Å². The van der Waals surface area contributed by atoms with E-state index in [9.17, 15) is 0 Å². The van der Waals surface area contributed by atoms with Crippen LogP contribution in [0.4, 0.5) is 0 Å². The highest BCUT2D eigenvalue weighted by molar-refractivity contribution is 5.27. The van der Waals surface area contributed by atoms with Crippen molar-refractivity contribution in [3.8, 4) is 0 Å². The zero-order chi connectivity index (χ0) is 14.8. The lowest BCUT2D eigenvalue weighted by Crippen LogP contribution is -2.30. The monoisotopic (exact) mass is 272 g/mol. The quantitative estimate of drug-likeness (QED) is 0.436. The molecule has 0 aromatic carbocycles. The molecule has 0 N–H and O–H groups in total. The molecule has 0 saturated carbocycles. The first-order chi connectivity index (χ1) is 9.41. The number of fused-ring (bicyclic) bond motifs is 2. The van der Waals surface area contributed by atoms with Gasteiger partial charge in [-0.15, -0.1) is 0 Å². The average Bonchev–Trinajstić information content (AvgIpc) is 2.36.